The van der Waals surface area contributed by atoms with Crippen molar-refractivity contribution < 1.29 is 19.1 Å². The molecule has 1 aromatic carbocycles. The van der Waals surface area contributed by atoms with Crippen LogP contribution in [0.2, 0.25) is 0 Å². The number of hydrogen-bond donors (Lipinski definition) is 1. The van der Waals surface area contributed by atoms with Crippen LogP contribution in [0.15, 0.2) is 18.2 Å². The number of nitrogens with one attached hydrogen (secondary N) is 1. The second-order valence-corrected chi connectivity index (χ2v) is 4.88. The van der Waals surface area contributed by atoms with Gasteiger partial charge in [0, 0.05) is 24.8 Å². The Morgan fingerprint density at radius 1 is 1.05 bits per heavy atom. The largest absolute Gasteiger partial charge is 0.493 e. The van der Waals surface area contributed by atoms with Gasteiger partial charge in [-0.15, -0.1) is 0 Å². The SMILES string of the molecule is COc1ccc(NC(=O)C(=O)N2CCCCC2)cc1OC. The highest BCUT2D eigenvalue weighted by Crippen LogP contribution is 2.29. The van der Waals surface area contributed by atoms with E-state index in [9.17, 15) is 9.59 Å². The van der Waals surface area contributed by atoms with Crippen molar-refractivity contribution in [1.29, 1.82) is 0 Å². The Bertz CT molecular complexity index is 524. The smallest absolute Gasteiger partial charge is 0.313 e. The van der Waals surface area contributed by atoms with Crippen LogP contribution in [-0.2, 0) is 9.59 Å². The number of hydrogen-bond acceptors (Lipinski definition) is 4. The molecule has 21 heavy (non-hydrogen) atoms. The Labute approximate surface area is 124 Å². The zero-order valence-corrected chi connectivity index (χ0v) is 12.3. The van der Waals surface area contributed by atoms with Crippen molar-refractivity contribution in [2.45, 2.75) is 19.3 Å². The van der Waals surface area contributed by atoms with Crippen molar-refractivity contribution in [3.8, 4) is 11.5 Å². The van der Waals surface area contributed by atoms with Gasteiger partial charge in [0.25, 0.3) is 0 Å². The Balaban J connectivity index is 2.03. The summed E-state index contributed by atoms with van der Waals surface area (Å²) in [6.07, 6.45) is 3.02. The molecule has 2 amide bonds. The van der Waals surface area contributed by atoms with Crippen molar-refractivity contribution in [3.05, 3.63) is 18.2 Å². The molecule has 1 aromatic rings. The molecule has 1 saturated heterocycles. The van der Waals surface area contributed by atoms with Crippen molar-refractivity contribution >= 4 is 17.5 Å². The average molecular weight is 292 g/mol. The zero-order chi connectivity index (χ0) is 15.2. The topological polar surface area (TPSA) is 67.9 Å². The number of ether oxygens (including phenoxy) is 2. The fourth-order valence-corrected chi connectivity index (χ4v) is 2.34. The van der Waals surface area contributed by atoms with E-state index < -0.39 is 11.8 Å². The lowest BCUT2D eigenvalue weighted by Crippen LogP contribution is -2.42. The third-order valence-electron chi connectivity index (χ3n) is 3.48. The van der Waals surface area contributed by atoms with Gasteiger partial charge >= 0.3 is 11.8 Å². The van der Waals surface area contributed by atoms with Gasteiger partial charge in [0.1, 0.15) is 0 Å². The van der Waals surface area contributed by atoms with E-state index in [0.717, 1.165) is 19.3 Å². The lowest BCUT2D eigenvalue weighted by Gasteiger charge is -2.25. The predicted octanol–water partition coefficient (Wildman–Crippen LogP) is 1.65. The van der Waals surface area contributed by atoms with Crippen LogP contribution in [0.1, 0.15) is 19.3 Å². The molecule has 6 nitrogen and oxygen atoms in total. The third-order valence-corrected chi connectivity index (χ3v) is 3.48. The average Bonchev–Trinajstić information content (AvgIpc) is 2.54. The fraction of sp³-hybridized carbons (Fsp3) is 0.467. The zero-order valence-electron chi connectivity index (χ0n) is 12.3. The van der Waals surface area contributed by atoms with Crippen LogP contribution < -0.4 is 14.8 Å². The van der Waals surface area contributed by atoms with Gasteiger partial charge in [-0.25, -0.2) is 0 Å². The molecule has 2 rings (SSSR count). The highest BCUT2D eigenvalue weighted by Gasteiger charge is 2.23. The number of carbonyl (C=O) groups is 2. The van der Waals surface area contributed by atoms with E-state index in [4.69, 9.17) is 9.47 Å². The van der Waals surface area contributed by atoms with E-state index in [1.807, 2.05) is 0 Å². The molecule has 1 aliphatic rings. The van der Waals surface area contributed by atoms with E-state index in [1.165, 1.54) is 14.2 Å². The molecule has 0 saturated carbocycles. The summed E-state index contributed by atoms with van der Waals surface area (Å²) in [7, 11) is 3.05. The maximum atomic E-state index is 12.0. The lowest BCUT2D eigenvalue weighted by molar-refractivity contribution is -0.143. The molecule has 1 aliphatic heterocycles. The molecule has 0 unspecified atom stereocenters. The quantitative estimate of drug-likeness (QED) is 0.860. The Hall–Kier alpha value is -2.24. The molecule has 1 N–H and O–H groups in total. The molecule has 0 aliphatic carbocycles. The first-order chi connectivity index (χ1) is 10.2. The summed E-state index contributed by atoms with van der Waals surface area (Å²) in [5.41, 5.74) is 0.503. The predicted molar refractivity (Wildman–Crippen MR) is 78.6 cm³/mol. The molecule has 1 heterocycles. The summed E-state index contributed by atoms with van der Waals surface area (Å²) in [5.74, 6) is -0.0350. The first kappa shape index (κ1) is 15.2. The second-order valence-electron chi connectivity index (χ2n) is 4.88. The summed E-state index contributed by atoms with van der Waals surface area (Å²) in [5, 5.41) is 2.60. The van der Waals surface area contributed by atoms with Gasteiger partial charge < -0.3 is 19.7 Å². The Morgan fingerprint density at radius 2 is 1.71 bits per heavy atom. The van der Waals surface area contributed by atoms with E-state index in [0.29, 0.717) is 30.3 Å². The number of carbonyl (C=O) groups excluding carboxylic acids is 2. The molecule has 0 bridgehead atoms. The summed E-state index contributed by atoms with van der Waals surface area (Å²) >= 11 is 0. The minimum atomic E-state index is -0.621. The summed E-state index contributed by atoms with van der Waals surface area (Å²) in [4.78, 5) is 25.6. The second kappa shape index (κ2) is 6.97. The maximum absolute atomic E-state index is 12.0. The Morgan fingerprint density at radius 3 is 2.33 bits per heavy atom. The standard InChI is InChI=1S/C15H20N2O4/c1-20-12-7-6-11(10-13(12)21-2)16-14(18)15(19)17-8-4-3-5-9-17/h6-7,10H,3-5,8-9H2,1-2H3,(H,16,18). The number of nitrogens with zero attached hydrogens (tertiary/aromatic N) is 1. The molecular formula is C15H20N2O4. The van der Waals surface area contributed by atoms with Crippen molar-refractivity contribution in [1.82, 2.24) is 4.90 Å². The van der Waals surface area contributed by atoms with Gasteiger partial charge in [-0.3, -0.25) is 9.59 Å². The minimum absolute atomic E-state index is 0.482. The lowest BCUT2D eigenvalue weighted by atomic mass is 10.1. The van der Waals surface area contributed by atoms with Crippen molar-refractivity contribution in [2.75, 3.05) is 32.6 Å². The molecule has 0 spiro atoms. The van der Waals surface area contributed by atoms with Gasteiger partial charge in [0.15, 0.2) is 11.5 Å². The van der Waals surface area contributed by atoms with Gasteiger partial charge in [-0.05, 0) is 31.4 Å². The fourth-order valence-electron chi connectivity index (χ4n) is 2.34. The van der Waals surface area contributed by atoms with Crippen LogP contribution in [0.5, 0.6) is 11.5 Å². The molecule has 114 valence electrons. The molecule has 0 aromatic heterocycles. The molecule has 1 fully saturated rings. The summed E-state index contributed by atoms with van der Waals surface area (Å²) < 4.78 is 10.3. The normalized spacial score (nSPS) is 14.5. The monoisotopic (exact) mass is 292 g/mol. The van der Waals surface area contributed by atoms with Gasteiger partial charge in [-0.2, -0.15) is 0 Å². The number of likely N-dealkylation sites (tertiary alicyclic amines) is 1. The van der Waals surface area contributed by atoms with E-state index in [-0.39, 0.29) is 0 Å². The van der Waals surface area contributed by atoms with Crippen LogP contribution >= 0.6 is 0 Å². The van der Waals surface area contributed by atoms with Crippen molar-refractivity contribution in [2.24, 2.45) is 0 Å². The van der Waals surface area contributed by atoms with Crippen LogP contribution in [0, 0.1) is 0 Å². The van der Waals surface area contributed by atoms with E-state index in [1.54, 1.807) is 23.1 Å². The van der Waals surface area contributed by atoms with Gasteiger partial charge in [-0.1, -0.05) is 0 Å². The number of methoxy groups -OCH3 is 2. The first-order valence-corrected chi connectivity index (χ1v) is 6.98. The van der Waals surface area contributed by atoms with Crippen LogP contribution in [0.4, 0.5) is 5.69 Å². The van der Waals surface area contributed by atoms with Crippen LogP contribution in [-0.4, -0.2) is 44.0 Å². The molecule has 0 radical (unpaired) electrons. The van der Waals surface area contributed by atoms with Crippen LogP contribution in [0.3, 0.4) is 0 Å². The summed E-state index contributed by atoms with van der Waals surface area (Å²) in [6, 6.07) is 4.97. The number of anilines is 1. The van der Waals surface area contributed by atoms with Crippen LogP contribution in [0.25, 0.3) is 0 Å². The molecular weight excluding hydrogens is 272 g/mol. The number of benzene rings is 1. The van der Waals surface area contributed by atoms with Gasteiger partial charge in [0.2, 0.25) is 0 Å². The third kappa shape index (κ3) is 3.65. The molecule has 6 heteroatoms. The highest BCUT2D eigenvalue weighted by atomic mass is 16.5. The first-order valence-electron chi connectivity index (χ1n) is 6.98. The molecule has 0 atom stereocenters. The summed E-state index contributed by atoms with van der Waals surface area (Å²) in [6.45, 7) is 1.30. The number of amides is 2. The van der Waals surface area contributed by atoms with E-state index in [2.05, 4.69) is 5.32 Å². The van der Waals surface area contributed by atoms with Crippen molar-refractivity contribution in [3.63, 3.8) is 0 Å². The number of piperidine rings is 1. The van der Waals surface area contributed by atoms with E-state index >= 15 is 0 Å². The maximum Gasteiger partial charge on any atom is 0.313 e. The minimum Gasteiger partial charge on any atom is -0.493 e. The number of rotatable bonds is 3. The van der Waals surface area contributed by atoms with Gasteiger partial charge in [0.05, 0.1) is 14.2 Å². The highest BCUT2D eigenvalue weighted by molar-refractivity contribution is 6.39. The Kier molecular flexibility index (Phi) is 5.03.